The highest BCUT2D eigenvalue weighted by molar-refractivity contribution is 5.87. The van der Waals surface area contributed by atoms with Gasteiger partial charge in [-0.1, -0.05) is 24.3 Å². The number of likely N-dealkylation sites (tertiary alicyclic amines) is 1. The SMILES string of the molecule is Cn1c([C@H]2CCCN(C(=O)C(C)(C)c3ccc(F)cc3)C2)nc2ccccc21. The third-order valence-electron chi connectivity index (χ3n) is 6.00. The van der Waals surface area contributed by atoms with Crippen molar-refractivity contribution in [2.24, 2.45) is 7.05 Å². The van der Waals surface area contributed by atoms with Gasteiger partial charge in [-0.25, -0.2) is 9.37 Å². The van der Waals surface area contributed by atoms with E-state index in [9.17, 15) is 9.18 Å². The molecule has 3 aromatic rings. The lowest BCUT2D eigenvalue weighted by atomic mass is 9.82. The molecule has 0 saturated carbocycles. The van der Waals surface area contributed by atoms with Crippen LogP contribution in [0.15, 0.2) is 48.5 Å². The first-order valence-electron chi connectivity index (χ1n) is 9.84. The number of benzene rings is 2. The lowest BCUT2D eigenvalue weighted by Gasteiger charge is -2.37. The summed E-state index contributed by atoms with van der Waals surface area (Å²) in [6, 6.07) is 14.4. The zero-order valence-electron chi connectivity index (χ0n) is 16.7. The average Bonchev–Trinajstić information content (AvgIpc) is 3.05. The smallest absolute Gasteiger partial charge is 0.232 e. The number of carbonyl (C=O) groups excluding carboxylic acids is 1. The van der Waals surface area contributed by atoms with Crippen LogP contribution in [-0.4, -0.2) is 33.4 Å². The number of amides is 1. The van der Waals surface area contributed by atoms with Crippen molar-refractivity contribution in [1.29, 1.82) is 0 Å². The van der Waals surface area contributed by atoms with Gasteiger partial charge in [0.1, 0.15) is 11.6 Å². The van der Waals surface area contributed by atoms with Crippen LogP contribution in [0.4, 0.5) is 4.39 Å². The maximum Gasteiger partial charge on any atom is 0.232 e. The first-order chi connectivity index (χ1) is 13.4. The van der Waals surface area contributed by atoms with Crippen molar-refractivity contribution in [3.8, 4) is 0 Å². The van der Waals surface area contributed by atoms with E-state index in [0.29, 0.717) is 6.54 Å². The van der Waals surface area contributed by atoms with Gasteiger partial charge in [0.15, 0.2) is 0 Å². The molecule has 0 N–H and O–H groups in total. The molecule has 1 saturated heterocycles. The van der Waals surface area contributed by atoms with Crippen LogP contribution in [0.25, 0.3) is 11.0 Å². The molecule has 1 fully saturated rings. The van der Waals surface area contributed by atoms with Crippen molar-refractivity contribution >= 4 is 16.9 Å². The Hall–Kier alpha value is -2.69. The third-order valence-corrected chi connectivity index (χ3v) is 6.00. The number of imidazole rings is 1. The standard InChI is InChI=1S/C23H26FN3O/c1-23(2,17-10-12-18(24)13-11-17)22(28)27-14-6-7-16(15-27)21-25-19-8-4-5-9-20(19)26(21)3/h4-5,8-13,16H,6-7,14-15H2,1-3H3/t16-/m0/s1. The normalized spacial score (nSPS) is 17.9. The van der Waals surface area contributed by atoms with Crippen molar-refractivity contribution in [2.45, 2.75) is 38.0 Å². The summed E-state index contributed by atoms with van der Waals surface area (Å²) in [6.07, 6.45) is 1.98. The number of hydrogen-bond donors (Lipinski definition) is 0. The fourth-order valence-corrected chi connectivity index (χ4v) is 4.29. The van der Waals surface area contributed by atoms with Crippen LogP contribution < -0.4 is 0 Å². The summed E-state index contributed by atoms with van der Waals surface area (Å²) in [4.78, 5) is 20.1. The van der Waals surface area contributed by atoms with Crippen molar-refractivity contribution in [3.05, 3.63) is 65.7 Å². The van der Waals surface area contributed by atoms with Gasteiger partial charge in [0.05, 0.1) is 16.4 Å². The number of piperidine rings is 1. The molecular weight excluding hydrogens is 353 g/mol. The minimum atomic E-state index is -0.693. The third kappa shape index (κ3) is 3.19. The van der Waals surface area contributed by atoms with Crippen LogP contribution in [0.3, 0.4) is 0 Å². The molecular formula is C23H26FN3O. The lowest BCUT2D eigenvalue weighted by Crippen LogP contribution is -2.47. The fraction of sp³-hybridized carbons (Fsp3) is 0.391. The fourth-order valence-electron chi connectivity index (χ4n) is 4.29. The molecule has 2 heterocycles. The molecule has 146 valence electrons. The van der Waals surface area contributed by atoms with E-state index in [1.807, 2.05) is 44.0 Å². The number of carbonyl (C=O) groups is 1. The van der Waals surface area contributed by atoms with E-state index in [-0.39, 0.29) is 17.6 Å². The monoisotopic (exact) mass is 379 g/mol. The molecule has 4 rings (SSSR count). The number of rotatable bonds is 3. The van der Waals surface area contributed by atoms with E-state index in [1.54, 1.807) is 12.1 Å². The number of fused-ring (bicyclic) bond motifs is 1. The Kier molecular flexibility index (Phi) is 4.69. The summed E-state index contributed by atoms with van der Waals surface area (Å²) in [7, 11) is 2.05. The zero-order valence-corrected chi connectivity index (χ0v) is 16.7. The maximum absolute atomic E-state index is 13.3. The van der Waals surface area contributed by atoms with Crippen LogP contribution >= 0.6 is 0 Å². The molecule has 2 aromatic carbocycles. The molecule has 0 spiro atoms. The predicted octanol–water partition coefficient (Wildman–Crippen LogP) is 4.40. The number of aryl methyl sites for hydroxylation is 1. The predicted molar refractivity (Wildman–Crippen MR) is 109 cm³/mol. The highest BCUT2D eigenvalue weighted by atomic mass is 19.1. The summed E-state index contributed by atoms with van der Waals surface area (Å²) in [5, 5.41) is 0. The van der Waals surface area contributed by atoms with Gasteiger partial charge >= 0.3 is 0 Å². The molecule has 0 bridgehead atoms. The highest BCUT2D eigenvalue weighted by Gasteiger charge is 2.37. The zero-order chi connectivity index (χ0) is 19.9. The molecule has 0 unspecified atom stereocenters. The Labute approximate surface area is 165 Å². The highest BCUT2D eigenvalue weighted by Crippen LogP contribution is 2.32. The lowest BCUT2D eigenvalue weighted by molar-refractivity contribution is -0.137. The van der Waals surface area contributed by atoms with Crippen LogP contribution in [-0.2, 0) is 17.3 Å². The largest absolute Gasteiger partial charge is 0.341 e. The Morgan fingerprint density at radius 3 is 2.57 bits per heavy atom. The Balaban J connectivity index is 1.58. The second-order valence-corrected chi connectivity index (χ2v) is 8.24. The number of hydrogen-bond acceptors (Lipinski definition) is 2. The average molecular weight is 379 g/mol. The van der Waals surface area contributed by atoms with Gasteiger partial charge in [0.25, 0.3) is 0 Å². The van der Waals surface area contributed by atoms with Crippen LogP contribution in [0.1, 0.15) is 44.0 Å². The number of halogens is 1. The first-order valence-corrected chi connectivity index (χ1v) is 9.84. The molecule has 4 nitrogen and oxygen atoms in total. The quantitative estimate of drug-likeness (QED) is 0.677. The van der Waals surface area contributed by atoms with Crippen molar-refractivity contribution in [1.82, 2.24) is 14.5 Å². The Morgan fingerprint density at radius 2 is 1.86 bits per heavy atom. The summed E-state index contributed by atoms with van der Waals surface area (Å²) in [5.41, 5.74) is 2.26. The minimum Gasteiger partial charge on any atom is -0.341 e. The van der Waals surface area contributed by atoms with Crippen LogP contribution in [0.5, 0.6) is 0 Å². The van der Waals surface area contributed by atoms with E-state index in [1.165, 1.54) is 12.1 Å². The van der Waals surface area contributed by atoms with Gasteiger partial charge in [0.2, 0.25) is 5.91 Å². The molecule has 5 heteroatoms. The summed E-state index contributed by atoms with van der Waals surface area (Å²) in [5.74, 6) is 1.06. The first kappa shape index (κ1) is 18.7. The van der Waals surface area contributed by atoms with E-state index in [0.717, 1.165) is 41.8 Å². The number of aromatic nitrogens is 2. The van der Waals surface area contributed by atoms with Gasteiger partial charge in [0, 0.05) is 26.1 Å². The van der Waals surface area contributed by atoms with Crippen LogP contribution in [0, 0.1) is 5.82 Å². The summed E-state index contributed by atoms with van der Waals surface area (Å²) < 4.78 is 15.4. The summed E-state index contributed by atoms with van der Waals surface area (Å²) in [6.45, 7) is 5.26. The van der Waals surface area contributed by atoms with Crippen LogP contribution in [0.2, 0.25) is 0 Å². The Bertz CT molecular complexity index is 1010. The second kappa shape index (κ2) is 7.04. The number of para-hydroxylation sites is 2. The molecule has 1 aromatic heterocycles. The molecule has 0 aliphatic carbocycles. The Morgan fingerprint density at radius 1 is 1.14 bits per heavy atom. The van der Waals surface area contributed by atoms with Gasteiger partial charge < -0.3 is 9.47 Å². The van der Waals surface area contributed by atoms with E-state index in [2.05, 4.69) is 10.6 Å². The van der Waals surface area contributed by atoms with Crippen molar-refractivity contribution in [3.63, 3.8) is 0 Å². The van der Waals surface area contributed by atoms with Gasteiger partial charge in [-0.05, 0) is 56.5 Å². The van der Waals surface area contributed by atoms with E-state index < -0.39 is 5.41 Å². The molecule has 0 radical (unpaired) electrons. The number of nitrogens with zero attached hydrogens (tertiary/aromatic N) is 3. The van der Waals surface area contributed by atoms with E-state index in [4.69, 9.17) is 4.98 Å². The molecule has 1 aliphatic heterocycles. The molecule has 28 heavy (non-hydrogen) atoms. The maximum atomic E-state index is 13.3. The van der Waals surface area contributed by atoms with Gasteiger partial charge in [-0.3, -0.25) is 4.79 Å². The molecule has 1 amide bonds. The van der Waals surface area contributed by atoms with Crippen molar-refractivity contribution < 1.29 is 9.18 Å². The minimum absolute atomic E-state index is 0.0857. The van der Waals surface area contributed by atoms with E-state index >= 15 is 0 Å². The second-order valence-electron chi connectivity index (χ2n) is 8.24. The summed E-state index contributed by atoms with van der Waals surface area (Å²) >= 11 is 0. The van der Waals surface area contributed by atoms with Gasteiger partial charge in [-0.15, -0.1) is 0 Å². The topological polar surface area (TPSA) is 38.1 Å². The van der Waals surface area contributed by atoms with Crippen molar-refractivity contribution in [2.75, 3.05) is 13.1 Å². The van der Waals surface area contributed by atoms with Gasteiger partial charge in [-0.2, -0.15) is 0 Å². The molecule has 1 atom stereocenters. The molecule has 1 aliphatic rings.